The molecule has 1 aromatic rings. The fourth-order valence-corrected chi connectivity index (χ4v) is 2.98. The van der Waals surface area contributed by atoms with Crippen molar-refractivity contribution in [3.63, 3.8) is 0 Å². The molecule has 0 aliphatic carbocycles. The first-order valence-corrected chi connectivity index (χ1v) is 9.46. The zero-order chi connectivity index (χ0) is 18.1. The van der Waals surface area contributed by atoms with Gasteiger partial charge in [-0.15, -0.1) is 0 Å². The van der Waals surface area contributed by atoms with Gasteiger partial charge in [0.2, 0.25) is 0 Å². The van der Waals surface area contributed by atoms with E-state index in [4.69, 9.17) is 4.74 Å². The van der Waals surface area contributed by atoms with Gasteiger partial charge in [0.25, 0.3) is 0 Å². The number of rotatable bonds is 10. The molecule has 0 heterocycles. The molecule has 0 radical (unpaired) electrons. The van der Waals surface area contributed by atoms with Crippen LogP contribution in [0.2, 0.25) is 0 Å². The Labute approximate surface area is 148 Å². The molecule has 136 valence electrons. The summed E-state index contributed by atoms with van der Waals surface area (Å²) in [7, 11) is 0. The first kappa shape index (κ1) is 20.7. The number of esters is 1. The fourth-order valence-electron chi connectivity index (χ4n) is 2.98. The molecule has 2 atom stereocenters. The molecule has 0 aliphatic heterocycles. The van der Waals surface area contributed by atoms with E-state index in [1.54, 1.807) is 0 Å². The summed E-state index contributed by atoms with van der Waals surface area (Å²) in [5, 5.41) is 0. The predicted octanol–water partition coefficient (Wildman–Crippen LogP) is 5.00. The standard InChI is InChI=1S/C21H35NO2/c1-7-10-20(22(8-2)9-3)24-21(23)17(6)19-13-11-18(12-14-19)15-16(4)5/h11-14,16-17,20H,7-10,15H2,1-6H3. The van der Waals surface area contributed by atoms with Crippen LogP contribution in [-0.4, -0.2) is 30.2 Å². The van der Waals surface area contributed by atoms with Crippen LogP contribution >= 0.6 is 0 Å². The Morgan fingerprint density at radius 1 is 1.04 bits per heavy atom. The molecule has 0 bridgehead atoms. The van der Waals surface area contributed by atoms with Crippen LogP contribution in [-0.2, 0) is 16.0 Å². The van der Waals surface area contributed by atoms with Gasteiger partial charge < -0.3 is 4.74 Å². The fraction of sp³-hybridized carbons (Fsp3) is 0.667. The minimum Gasteiger partial charge on any atom is -0.446 e. The van der Waals surface area contributed by atoms with Crippen LogP contribution in [0.3, 0.4) is 0 Å². The number of carbonyl (C=O) groups is 1. The van der Waals surface area contributed by atoms with Crippen LogP contribution in [0.15, 0.2) is 24.3 Å². The van der Waals surface area contributed by atoms with Gasteiger partial charge in [-0.1, -0.05) is 65.3 Å². The largest absolute Gasteiger partial charge is 0.446 e. The van der Waals surface area contributed by atoms with E-state index in [1.165, 1.54) is 5.56 Å². The van der Waals surface area contributed by atoms with Crippen LogP contribution < -0.4 is 0 Å². The van der Waals surface area contributed by atoms with E-state index in [0.29, 0.717) is 5.92 Å². The lowest BCUT2D eigenvalue weighted by Crippen LogP contribution is -2.39. The predicted molar refractivity (Wildman–Crippen MR) is 101 cm³/mol. The monoisotopic (exact) mass is 333 g/mol. The molecule has 3 nitrogen and oxygen atoms in total. The molecule has 0 spiro atoms. The summed E-state index contributed by atoms with van der Waals surface area (Å²) in [6.07, 6.45) is 2.85. The van der Waals surface area contributed by atoms with Crippen molar-refractivity contribution >= 4 is 5.97 Å². The van der Waals surface area contributed by atoms with Crippen molar-refractivity contribution in [2.24, 2.45) is 5.92 Å². The van der Waals surface area contributed by atoms with Crippen LogP contribution in [0.5, 0.6) is 0 Å². The molecule has 0 fully saturated rings. The van der Waals surface area contributed by atoms with E-state index < -0.39 is 0 Å². The van der Waals surface area contributed by atoms with Crippen molar-refractivity contribution in [3.05, 3.63) is 35.4 Å². The highest BCUT2D eigenvalue weighted by molar-refractivity contribution is 5.77. The number of benzene rings is 1. The highest BCUT2D eigenvalue weighted by atomic mass is 16.6. The summed E-state index contributed by atoms with van der Waals surface area (Å²) in [5.74, 6) is 0.284. The third kappa shape index (κ3) is 6.27. The highest BCUT2D eigenvalue weighted by Crippen LogP contribution is 2.21. The molecular formula is C21H35NO2. The summed E-state index contributed by atoms with van der Waals surface area (Å²) in [5.41, 5.74) is 2.35. The zero-order valence-electron chi connectivity index (χ0n) is 16.3. The maximum atomic E-state index is 12.6. The van der Waals surface area contributed by atoms with Crippen molar-refractivity contribution in [2.45, 2.75) is 73.0 Å². The third-order valence-electron chi connectivity index (χ3n) is 4.48. The van der Waals surface area contributed by atoms with Crippen LogP contribution in [0.1, 0.15) is 71.4 Å². The van der Waals surface area contributed by atoms with Gasteiger partial charge in [-0.2, -0.15) is 0 Å². The van der Waals surface area contributed by atoms with Gasteiger partial charge in [-0.3, -0.25) is 9.69 Å². The van der Waals surface area contributed by atoms with Crippen molar-refractivity contribution < 1.29 is 9.53 Å². The molecule has 0 amide bonds. The highest BCUT2D eigenvalue weighted by Gasteiger charge is 2.24. The summed E-state index contributed by atoms with van der Waals surface area (Å²) < 4.78 is 5.83. The first-order valence-electron chi connectivity index (χ1n) is 9.46. The van der Waals surface area contributed by atoms with E-state index >= 15 is 0 Å². The second-order valence-corrected chi connectivity index (χ2v) is 6.96. The zero-order valence-corrected chi connectivity index (χ0v) is 16.3. The number of carbonyl (C=O) groups excluding carboxylic acids is 1. The molecule has 3 heteroatoms. The van der Waals surface area contributed by atoms with Gasteiger partial charge in [0, 0.05) is 0 Å². The average molecular weight is 334 g/mol. The molecule has 2 unspecified atom stereocenters. The molecule has 1 aromatic carbocycles. The number of ether oxygens (including phenoxy) is 1. The van der Waals surface area contributed by atoms with Gasteiger partial charge in [0.1, 0.15) is 0 Å². The van der Waals surface area contributed by atoms with E-state index in [1.807, 2.05) is 6.92 Å². The summed E-state index contributed by atoms with van der Waals surface area (Å²) in [6, 6.07) is 8.39. The minimum atomic E-state index is -0.229. The van der Waals surface area contributed by atoms with Crippen molar-refractivity contribution in [3.8, 4) is 0 Å². The van der Waals surface area contributed by atoms with E-state index in [-0.39, 0.29) is 18.1 Å². The molecule has 0 saturated heterocycles. The van der Waals surface area contributed by atoms with Crippen molar-refractivity contribution in [1.82, 2.24) is 4.90 Å². The molecule has 1 rings (SSSR count). The number of hydrogen-bond acceptors (Lipinski definition) is 3. The second-order valence-electron chi connectivity index (χ2n) is 6.96. The lowest BCUT2D eigenvalue weighted by Gasteiger charge is -2.30. The van der Waals surface area contributed by atoms with Crippen LogP contribution in [0.25, 0.3) is 0 Å². The Morgan fingerprint density at radius 3 is 2.08 bits per heavy atom. The number of nitrogens with zero attached hydrogens (tertiary/aromatic N) is 1. The number of hydrogen-bond donors (Lipinski definition) is 0. The topological polar surface area (TPSA) is 29.5 Å². The maximum absolute atomic E-state index is 12.6. The SMILES string of the molecule is CCCC(OC(=O)C(C)c1ccc(CC(C)C)cc1)N(CC)CC. The lowest BCUT2D eigenvalue weighted by molar-refractivity contribution is -0.161. The van der Waals surface area contributed by atoms with Crippen molar-refractivity contribution in [2.75, 3.05) is 13.1 Å². The van der Waals surface area contributed by atoms with Crippen molar-refractivity contribution in [1.29, 1.82) is 0 Å². The van der Waals surface area contributed by atoms with Gasteiger partial charge in [0.05, 0.1) is 5.92 Å². The quantitative estimate of drug-likeness (QED) is 0.446. The van der Waals surface area contributed by atoms with Gasteiger partial charge in [-0.05, 0) is 49.9 Å². The molecule has 0 aromatic heterocycles. The maximum Gasteiger partial charge on any atom is 0.314 e. The summed E-state index contributed by atoms with van der Waals surface area (Å²) >= 11 is 0. The Hall–Kier alpha value is -1.35. The Bertz CT molecular complexity index is 477. The van der Waals surface area contributed by atoms with Gasteiger partial charge in [-0.25, -0.2) is 0 Å². The van der Waals surface area contributed by atoms with E-state index in [2.05, 4.69) is 63.8 Å². The molecule has 0 N–H and O–H groups in total. The Morgan fingerprint density at radius 2 is 1.62 bits per heavy atom. The Kier molecular flexibility index (Phi) is 9.05. The second kappa shape index (κ2) is 10.5. The van der Waals surface area contributed by atoms with Crippen LogP contribution in [0.4, 0.5) is 0 Å². The normalized spacial score (nSPS) is 14.0. The smallest absolute Gasteiger partial charge is 0.314 e. The molecule has 24 heavy (non-hydrogen) atoms. The lowest BCUT2D eigenvalue weighted by atomic mass is 9.97. The van der Waals surface area contributed by atoms with E-state index in [9.17, 15) is 4.79 Å². The molecule has 0 aliphatic rings. The van der Waals surface area contributed by atoms with Gasteiger partial charge in [0.15, 0.2) is 6.23 Å². The minimum absolute atomic E-state index is 0.111. The summed E-state index contributed by atoms with van der Waals surface area (Å²) in [4.78, 5) is 14.8. The molecule has 0 saturated carbocycles. The van der Waals surface area contributed by atoms with E-state index in [0.717, 1.165) is 37.9 Å². The summed E-state index contributed by atoms with van der Waals surface area (Å²) in [6.45, 7) is 14.5. The average Bonchev–Trinajstić information content (AvgIpc) is 2.55. The molecular weight excluding hydrogens is 298 g/mol. The van der Waals surface area contributed by atoms with Crippen LogP contribution in [0, 0.1) is 5.92 Å². The Balaban J connectivity index is 2.74. The first-order chi connectivity index (χ1) is 11.4. The van der Waals surface area contributed by atoms with Gasteiger partial charge >= 0.3 is 5.97 Å². The third-order valence-corrected chi connectivity index (χ3v) is 4.48.